The molecule has 0 aromatic heterocycles. The van der Waals surface area contributed by atoms with Crippen LogP contribution in [0.1, 0.15) is 16.7 Å². The van der Waals surface area contributed by atoms with Crippen molar-refractivity contribution < 1.29 is 18.1 Å². The third-order valence-corrected chi connectivity index (χ3v) is 1.46. The van der Waals surface area contributed by atoms with Crippen LogP contribution >= 0.6 is 0 Å². The first-order valence-corrected chi connectivity index (χ1v) is 6.17. The number of aliphatic hydroxyl groups excluding tert-OH is 1. The normalized spacial score (nSPS) is 10.5. The van der Waals surface area contributed by atoms with Gasteiger partial charge in [-0.15, -0.1) is 0 Å². The maximum absolute atomic E-state index is 9.19. The zero-order valence-electron chi connectivity index (χ0n) is 9.06. The summed E-state index contributed by atoms with van der Waals surface area (Å²) in [7, 11) is -3.67. The first-order valence-electron chi connectivity index (χ1n) is 4.33. The largest absolute Gasteiger partial charge is 0.392 e. The van der Waals surface area contributed by atoms with Gasteiger partial charge >= 0.3 is 0 Å². The molecule has 0 saturated carbocycles. The van der Waals surface area contributed by atoms with E-state index in [2.05, 4.69) is 6.07 Å². The standard InChI is InChI=1S/C9H12O.CH4O3S/c1-7-3-8(2)5-9(4-7)6-10;1-5(2,3)4/h3-5,10H,6H2,1-2H3;1H3,(H,2,3,4). The number of rotatable bonds is 1. The topological polar surface area (TPSA) is 74.6 Å². The van der Waals surface area contributed by atoms with E-state index in [1.165, 1.54) is 11.1 Å². The molecular formula is C10H16O4S. The van der Waals surface area contributed by atoms with Gasteiger partial charge in [-0.2, -0.15) is 8.42 Å². The smallest absolute Gasteiger partial charge is 0.261 e. The van der Waals surface area contributed by atoms with Crippen molar-refractivity contribution in [1.29, 1.82) is 0 Å². The van der Waals surface area contributed by atoms with Crippen LogP contribution in [0.3, 0.4) is 0 Å². The zero-order chi connectivity index (χ0) is 12.1. The van der Waals surface area contributed by atoms with Crippen LogP contribution in [0.5, 0.6) is 0 Å². The molecule has 5 heteroatoms. The summed E-state index contributed by atoms with van der Waals surface area (Å²) in [5, 5.41) is 8.79. The van der Waals surface area contributed by atoms with E-state index in [1.807, 2.05) is 26.0 Å². The molecule has 0 aliphatic rings. The van der Waals surface area contributed by atoms with Crippen LogP contribution in [0, 0.1) is 13.8 Å². The van der Waals surface area contributed by atoms with Crippen LogP contribution in [0.15, 0.2) is 18.2 Å². The van der Waals surface area contributed by atoms with Crippen LogP contribution in [0.2, 0.25) is 0 Å². The van der Waals surface area contributed by atoms with E-state index >= 15 is 0 Å². The second-order valence-corrected chi connectivity index (χ2v) is 4.85. The van der Waals surface area contributed by atoms with Gasteiger partial charge in [-0.3, -0.25) is 4.55 Å². The number of hydrogen-bond acceptors (Lipinski definition) is 3. The third-order valence-electron chi connectivity index (χ3n) is 1.46. The zero-order valence-corrected chi connectivity index (χ0v) is 9.87. The minimum Gasteiger partial charge on any atom is -0.392 e. The van der Waals surface area contributed by atoms with Crippen molar-refractivity contribution in [2.45, 2.75) is 20.5 Å². The number of aryl methyl sites for hydroxylation is 2. The Balaban J connectivity index is 0.000000336. The van der Waals surface area contributed by atoms with Crippen LogP contribution in [0.25, 0.3) is 0 Å². The maximum atomic E-state index is 9.19. The number of aliphatic hydroxyl groups is 1. The summed E-state index contributed by atoms with van der Waals surface area (Å²) in [6, 6.07) is 6.08. The molecule has 0 heterocycles. The van der Waals surface area contributed by atoms with Crippen molar-refractivity contribution >= 4 is 10.1 Å². The summed E-state index contributed by atoms with van der Waals surface area (Å²) in [6.07, 6.45) is 0.715. The lowest BCUT2D eigenvalue weighted by Gasteiger charge is -1.99. The highest BCUT2D eigenvalue weighted by atomic mass is 32.2. The molecule has 0 saturated heterocycles. The Labute approximate surface area is 90.3 Å². The molecule has 0 radical (unpaired) electrons. The molecule has 1 aromatic rings. The Morgan fingerprint density at radius 1 is 1.13 bits per heavy atom. The Bertz CT molecular complexity index is 381. The minimum atomic E-state index is -3.67. The van der Waals surface area contributed by atoms with E-state index in [0.717, 1.165) is 5.56 Å². The molecule has 0 atom stereocenters. The summed E-state index contributed by atoms with van der Waals surface area (Å²) in [4.78, 5) is 0. The fourth-order valence-corrected chi connectivity index (χ4v) is 1.16. The van der Waals surface area contributed by atoms with E-state index < -0.39 is 10.1 Å². The summed E-state index contributed by atoms with van der Waals surface area (Å²) in [6.45, 7) is 4.21. The van der Waals surface area contributed by atoms with Crippen molar-refractivity contribution in [2.75, 3.05) is 6.26 Å². The Morgan fingerprint density at radius 3 is 1.73 bits per heavy atom. The highest BCUT2D eigenvalue weighted by Gasteiger charge is 1.91. The van der Waals surface area contributed by atoms with Crippen LogP contribution < -0.4 is 0 Å². The lowest BCUT2D eigenvalue weighted by molar-refractivity contribution is 0.281. The molecule has 0 unspecified atom stereocenters. The molecule has 2 N–H and O–H groups in total. The lowest BCUT2D eigenvalue weighted by atomic mass is 10.1. The van der Waals surface area contributed by atoms with Gasteiger partial charge < -0.3 is 5.11 Å². The molecule has 0 bridgehead atoms. The molecule has 1 aromatic carbocycles. The summed E-state index contributed by atoms with van der Waals surface area (Å²) in [5.74, 6) is 0. The fourth-order valence-electron chi connectivity index (χ4n) is 1.16. The molecule has 0 aliphatic heterocycles. The van der Waals surface area contributed by atoms with E-state index in [4.69, 9.17) is 9.66 Å². The monoisotopic (exact) mass is 232 g/mol. The van der Waals surface area contributed by atoms with Gasteiger partial charge in [0.25, 0.3) is 10.1 Å². The van der Waals surface area contributed by atoms with Crippen molar-refractivity contribution in [3.05, 3.63) is 34.9 Å². The van der Waals surface area contributed by atoms with Crippen molar-refractivity contribution in [1.82, 2.24) is 0 Å². The quantitative estimate of drug-likeness (QED) is 0.716. The molecule has 0 fully saturated rings. The SMILES string of the molecule is CS(=O)(=O)O.Cc1cc(C)cc(CO)c1. The molecular weight excluding hydrogens is 216 g/mol. The predicted octanol–water partition coefficient (Wildman–Crippen LogP) is 1.30. The van der Waals surface area contributed by atoms with Gasteiger partial charge in [-0.1, -0.05) is 29.3 Å². The predicted molar refractivity (Wildman–Crippen MR) is 59.3 cm³/mol. The Hall–Kier alpha value is -0.910. The molecule has 0 amide bonds. The summed E-state index contributed by atoms with van der Waals surface area (Å²) >= 11 is 0. The molecule has 0 spiro atoms. The molecule has 0 aliphatic carbocycles. The summed E-state index contributed by atoms with van der Waals surface area (Å²) < 4.78 is 25.9. The van der Waals surface area contributed by atoms with Crippen molar-refractivity contribution in [3.63, 3.8) is 0 Å². The van der Waals surface area contributed by atoms with Crippen molar-refractivity contribution in [3.8, 4) is 0 Å². The van der Waals surface area contributed by atoms with E-state index in [1.54, 1.807) is 0 Å². The Kier molecular flexibility index (Phi) is 5.49. The van der Waals surface area contributed by atoms with Crippen LogP contribution in [-0.4, -0.2) is 24.3 Å². The average Bonchev–Trinajstić information content (AvgIpc) is 1.99. The number of hydrogen-bond donors (Lipinski definition) is 2. The highest BCUT2D eigenvalue weighted by Crippen LogP contribution is 2.07. The van der Waals surface area contributed by atoms with Gasteiger partial charge in [0, 0.05) is 0 Å². The molecule has 15 heavy (non-hydrogen) atoms. The maximum Gasteiger partial charge on any atom is 0.261 e. The molecule has 4 nitrogen and oxygen atoms in total. The third kappa shape index (κ3) is 9.40. The minimum absolute atomic E-state index is 0.141. The van der Waals surface area contributed by atoms with E-state index in [9.17, 15) is 8.42 Å². The van der Waals surface area contributed by atoms with Crippen LogP contribution in [0.4, 0.5) is 0 Å². The number of benzene rings is 1. The Morgan fingerprint density at radius 2 is 1.47 bits per heavy atom. The summed E-state index contributed by atoms with van der Waals surface area (Å²) in [5.41, 5.74) is 3.42. The van der Waals surface area contributed by atoms with E-state index in [0.29, 0.717) is 6.26 Å². The highest BCUT2D eigenvalue weighted by molar-refractivity contribution is 7.85. The van der Waals surface area contributed by atoms with Gasteiger partial charge in [0.2, 0.25) is 0 Å². The average molecular weight is 232 g/mol. The van der Waals surface area contributed by atoms with Gasteiger partial charge in [0.15, 0.2) is 0 Å². The van der Waals surface area contributed by atoms with Gasteiger partial charge in [-0.05, 0) is 19.4 Å². The van der Waals surface area contributed by atoms with Gasteiger partial charge in [-0.25, -0.2) is 0 Å². The van der Waals surface area contributed by atoms with Crippen molar-refractivity contribution in [2.24, 2.45) is 0 Å². The first-order chi connectivity index (χ1) is 6.72. The van der Waals surface area contributed by atoms with Crippen LogP contribution in [-0.2, 0) is 16.7 Å². The van der Waals surface area contributed by atoms with Gasteiger partial charge in [0.05, 0.1) is 12.9 Å². The second kappa shape index (κ2) is 5.85. The molecule has 1 rings (SSSR count). The fraction of sp³-hybridized carbons (Fsp3) is 0.400. The lowest BCUT2D eigenvalue weighted by Crippen LogP contribution is -1.88. The second-order valence-electron chi connectivity index (χ2n) is 3.39. The van der Waals surface area contributed by atoms with Gasteiger partial charge in [0.1, 0.15) is 0 Å². The van der Waals surface area contributed by atoms with E-state index in [-0.39, 0.29) is 6.61 Å². The molecule has 86 valence electrons. The first kappa shape index (κ1) is 14.1.